The van der Waals surface area contributed by atoms with E-state index in [0.717, 1.165) is 11.0 Å². The topological polar surface area (TPSA) is 4.93 Å². The molecule has 0 aliphatic heterocycles. The molecule has 0 saturated heterocycles. The number of nitrogens with zero attached hydrogens (tertiary/aromatic N) is 1. The number of hydrogen-bond donors (Lipinski definition) is 0. The molecule has 18 heavy (non-hydrogen) atoms. The van der Waals surface area contributed by atoms with Gasteiger partial charge in [0.2, 0.25) is 0 Å². The van der Waals surface area contributed by atoms with E-state index in [2.05, 4.69) is 0 Å². The van der Waals surface area contributed by atoms with Crippen molar-refractivity contribution < 1.29 is 0 Å². The van der Waals surface area contributed by atoms with Crippen LogP contribution in [0.2, 0.25) is 25.1 Å². The fourth-order valence-corrected chi connectivity index (χ4v) is 3.05. The summed E-state index contributed by atoms with van der Waals surface area (Å²) in [6.07, 6.45) is 0. The maximum Gasteiger partial charge on any atom is 0.0848 e. The van der Waals surface area contributed by atoms with Crippen molar-refractivity contribution in [3.05, 3.63) is 49.4 Å². The minimum absolute atomic E-state index is 0.315. The van der Waals surface area contributed by atoms with Crippen molar-refractivity contribution >= 4 is 69.0 Å². The molecule has 2 heterocycles. The lowest BCUT2D eigenvalue weighted by Crippen LogP contribution is -1.92. The van der Waals surface area contributed by atoms with Gasteiger partial charge in [-0.1, -0.05) is 58.0 Å². The highest BCUT2D eigenvalue weighted by Gasteiger charge is 2.19. The van der Waals surface area contributed by atoms with E-state index < -0.39 is 0 Å². The Balaban J connectivity index is 2.36. The molecule has 1 aromatic carbocycles. The molecule has 0 fully saturated rings. The second kappa shape index (κ2) is 4.36. The summed E-state index contributed by atoms with van der Waals surface area (Å²) in [4.78, 5) is 0. The smallest absolute Gasteiger partial charge is 0.0848 e. The van der Waals surface area contributed by atoms with Crippen molar-refractivity contribution in [2.45, 2.75) is 0 Å². The summed E-state index contributed by atoms with van der Waals surface area (Å²) >= 11 is 30.4. The normalized spacial score (nSPS) is 11.6. The average molecular weight is 339 g/mol. The van der Waals surface area contributed by atoms with Crippen LogP contribution in [0.5, 0.6) is 0 Å². The maximum absolute atomic E-state index is 6.22. The molecule has 0 N–H and O–H groups in total. The Bertz CT molecular complexity index is 712. The van der Waals surface area contributed by atoms with Crippen molar-refractivity contribution in [1.82, 2.24) is 4.57 Å². The first kappa shape index (κ1) is 12.7. The SMILES string of the molecule is Clc1ccc(-n2c3cc(Cl)c2cc3Cl)c(Cl)c1Cl. The number of hydrogen-bond acceptors (Lipinski definition) is 0. The summed E-state index contributed by atoms with van der Waals surface area (Å²) < 4.78 is 1.86. The molecule has 0 atom stereocenters. The molecule has 2 aromatic heterocycles. The highest BCUT2D eigenvalue weighted by atomic mass is 35.5. The Hall–Kier alpha value is -0.310. The zero-order valence-electron chi connectivity index (χ0n) is 8.65. The van der Waals surface area contributed by atoms with E-state index >= 15 is 0 Å². The van der Waals surface area contributed by atoms with Gasteiger partial charge in [0, 0.05) is 0 Å². The van der Waals surface area contributed by atoms with Crippen molar-refractivity contribution in [3.8, 4) is 5.69 Å². The summed E-state index contributed by atoms with van der Waals surface area (Å²) in [5.74, 6) is 0. The molecular formula is C12H4Cl5N. The minimum atomic E-state index is 0.315. The molecule has 0 spiro atoms. The van der Waals surface area contributed by atoms with Crippen LogP contribution in [0.4, 0.5) is 0 Å². The second-order valence-corrected chi connectivity index (χ2v) is 5.76. The lowest BCUT2D eigenvalue weighted by molar-refractivity contribution is 1.19. The summed E-state index contributed by atoms with van der Waals surface area (Å²) in [5.41, 5.74) is 2.28. The van der Waals surface area contributed by atoms with E-state index in [1.165, 1.54) is 0 Å². The summed E-state index contributed by atoms with van der Waals surface area (Å²) in [6, 6.07) is 7.05. The maximum atomic E-state index is 6.22. The largest absolute Gasteiger partial charge is 0.306 e. The molecule has 0 saturated carbocycles. The lowest BCUT2D eigenvalue weighted by atomic mass is 10.3. The fraction of sp³-hybridized carbons (Fsp3) is 0. The van der Waals surface area contributed by atoms with Crippen molar-refractivity contribution in [2.75, 3.05) is 0 Å². The second-order valence-electron chi connectivity index (χ2n) is 3.78. The molecule has 3 aromatic rings. The molecular weight excluding hydrogens is 335 g/mol. The summed E-state index contributed by atoms with van der Waals surface area (Å²) in [6.45, 7) is 0. The van der Waals surface area contributed by atoms with Gasteiger partial charge in [-0.05, 0) is 24.3 Å². The van der Waals surface area contributed by atoms with Crippen molar-refractivity contribution in [3.63, 3.8) is 0 Å². The molecule has 0 amide bonds. The predicted octanol–water partition coefficient (Wildman–Crippen LogP) is 6.34. The van der Waals surface area contributed by atoms with Crippen LogP contribution in [0.25, 0.3) is 16.7 Å². The van der Waals surface area contributed by atoms with Crippen LogP contribution in [-0.4, -0.2) is 4.57 Å². The number of benzene rings is 2. The van der Waals surface area contributed by atoms with Gasteiger partial charge in [-0.3, -0.25) is 0 Å². The minimum Gasteiger partial charge on any atom is -0.306 e. The third-order valence-electron chi connectivity index (χ3n) is 2.75. The van der Waals surface area contributed by atoms with E-state index in [0.29, 0.717) is 30.8 Å². The molecule has 3 rings (SSSR count). The highest BCUT2D eigenvalue weighted by molar-refractivity contribution is 6.49. The fourth-order valence-electron chi connectivity index (χ4n) is 1.95. The van der Waals surface area contributed by atoms with Crippen LogP contribution in [-0.2, 0) is 0 Å². The Morgan fingerprint density at radius 1 is 0.667 bits per heavy atom. The molecule has 92 valence electrons. The number of aromatic nitrogens is 1. The quantitative estimate of drug-likeness (QED) is 0.456. The van der Waals surface area contributed by atoms with E-state index in [1.807, 2.05) is 4.57 Å². The molecule has 0 radical (unpaired) electrons. The van der Waals surface area contributed by atoms with Gasteiger partial charge in [0.05, 0.1) is 41.8 Å². The van der Waals surface area contributed by atoms with Gasteiger partial charge in [-0.15, -0.1) is 0 Å². The Labute approximate surface area is 128 Å². The van der Waals surface area contributed by atoms with Crippen LogP contribution < -0.4 is 0 Å². The first-order valence-electron chi connectivity index (χ1n) is 4.93. The molecule has 2 bridgehead atoms. The van der Waals surface area contributed by atoms with Gasteiger partial charge in [0.15, 0.2) is 0 Å². The van der Waals surface area contributed by atoms with E-state index in [9.17, 15) is 0 Å². The van der Waals surface area contributed by atoms with Crippen LogP contribution in [0, 0.1) is 0 Å². The average Bonchev–Trinajstić information content (AvgIpc) is 2.80. The summed E-state index contributed by atoms with van der Waals surface area (Å²) in [7, 11) is 0. The Kier molecular flexibility index (Phi) is 3.08. The van der Waals surface area contributed by atoms with Gasteiger partial charge < -0.3 is 4.57 Å². The van der Waals surface area contributed by atoms with E-state index in [4.69, 9.17) is 58.0 Å². The summed E-state index contributed by atoms with van der Waals surface area (Å²) in [5, 5.41) is 2.34. The number of rotatable bonds is 1. The van der Waals surface area contributed by atoms with Gasteiger partial charge in [0.25, 0.3) is 0 Å². The van der Waals surface area contributed by atoms with E-state index in [-0.39, 0.29) is 0 Å². The van der Waals surface area contributed by atoms with E-state index in [1.54, 1.807) is 24.3 Å². The first-order chi connectivity index (χ1) is 8.50. The van der Waals surface area contributed by atoms with Crippen molar-refractivity contribution in [2.24, 2.45) is 0 Å². The van der Waals surface area contributed by atoms with Crippen LogP contribution in [0.3, 0.4) is 0 Å². The monoisotopic (exact) mass is 337 g/mol. The standard InChI is InChI=1S/C12H4Cl5N/c13-5-1-2-8(12(17)11(5)16)18-9-3-6(14)10(18)4-7(9)15/h1-4H. The number of fused-ring (bicyclic) bond motifs is 2. The van der Waals surface area contributed by atoms with Gasteiger partial charge in [0.1, 0.15) is 0 Å². The highest BCUT2D eigenvalue weighted by Crippen LogP contribution is 2.41. The molecule has 0 unspecified atom stereocenters. The molecule has 6 heteroatoms. The molecule has 0 aliphatic rings. The zero-order valence-corrected chi connectivity index (χ0v) is 12.4. The Morgan fingerprint density at radius 3 is 1.78 bits per heavy atom. The van der Waals surface area contributed by atoms with Crippen LogP contribution in [0.1, 0.15) is 0 Å². The molecule has 1 nitrogen and oxygen atoms in total. The van der Waals surface area contributed by atoms with Crippen LogP contribution >= 0.6 is 58.0 Å². The van der Waals surface area contributed by atoms with Gasteiger partial charge in [-0.2, -0.15) is 0 Å². The van der Waals surface area contributed by atoms with Crippen LogP contribution in [0.15, 0.2) is 24.3 Å². The Morgan fingerprint density at radius 2 is 1.22 bits per heavy atom. The third-order valence-corrected chi connectivity index (χ3v) is 4.64. The lowest BCUT2D eigenvalue weighted by Gasteiger charge is -2.09. The van der Waals surface area contributed by atoms with Gasteiger partial charge in [-0.25, -0.2) is 0 Å². The first-order valence-corrected chi connectivity index (χ1v) is 6.82. The van der Waals surface area contributed by atoms with Gasteiger partial charge >= 0.3 is 0 Å². The molecule has 0 aliphatic carbocycles. The zero-order chi connectivity index (χ0) is 13.0. The third kappa shape index (κ3) is 1.70. The number of halogens is 5. The van der Waals surface area contributed by atoms with Crippen molar-refractivity contribution in [1.29, 1.82) is 0 Å². The predicted molar refractivity (Wildman–Crippen MR) is 79.5 cm³/mol.